The molecule has 20 heavy (non-hydrogen) atoms. The summed E-state index contributed by atoms with van der Waals surface area (Å²) in [5, 5.41) is 11.9. The molecule has 4 nitrogen and oxygen atoms in total. The lowest BCUT2D eigenvalue weighted by Crippen LogP contribution is -2.39. The van der Waals surface area contributed by atoms with Gasteiger partial charge in [0.2, 0.25) is 0 Å². The largest absolute Gasteiger partial charge is 0.480 e. The number of nitrogens with one attached hydrogen (secondary N) is 1. The van der Waals surface area contributed by atoms with Crippen molar-refractivity contribution in [3.05, 3.63) is 36.1 Å². The average Bonchev–Trinajstić information content (AvgIpc) is 2.75. The summed E-state index contributed by atoms with van der Waals surface area (Å²) in [4.78, 5) is 10.8. The van der Waals surface area contributed by atoms with E-state index in [4.69, 9.17) is 9.52 Å². The lowest BCUT2D eigenvalue weighted by molar-refractivity contribution is -0.158. The summed E-state index contributed by atoms with van der Waals surface area (Å²) >= 11 is 0. The first-order valence-electron chi connectivity index (χ1n) is 5.85. The second-order valence-electron chi connectivity index (χ2n) is 4.34. The van der Waals surface area contributed by atoms with Gasteiger partial charge in [0.25, 0.3) is 0 Å². The standard InChI is InChI=1S/C13H12F3NO3/c14-13(15,16)6-10(12(18)19)17-7-9-5-8-3-1-2-4-11(8)20-9/h1-5,10,17H,6-7H2,(H,18,19). The van der Waals surface area contributed by atoms with E-state index in [1.165, 1.54) is 0 Å². The van der Waals surface area contributed by atoms with Crippen molar-refractivity contribution in [2.75, 3.05) is 0 Å². The van der Waals surface area contributed by atoms with E-state index in [9.17, 15) is 18.0 Å². The van der Waals surface area contributed by atoms with Gasteiger partial charge in [-0.2, -0.15) is 13.2 Å². The van der Waals surface area contributed by atoms with E-state index in [0.29, 0.717) is 11.3 Å². The van der Waals surface area contributed by atoms with Crippen LogP contribution in [0.15, 0.2) is 34.7 Å². The molecule has 0 aliphatic carbocycles. The number of alkyl halides is 3. The minimum atomic E-state index is -4.54. The molecule has 2 rings (SSSR count). The van der Waals surface area contributed by atoms with Crippen LogP contribution in [0.25, 0.3) is 11.0 Å². The zero-order valence-electron chi connectivity index (χ0n) is 10.3. The van der Waals surface area contributed by atoms with Gasteiger partial charge >= 0.3 is 12.1 Å². The van der Waals surface area contributed by atoms with Crippen molar-refractivity contribution in [2.45, 2.75) is 25.2 Å². The van der Waals surface area contributed by atoms with Crippen LogP contribution in [0.4, 0.5) is 13.2 Å². The van der Waals surface area contributed by atoms with Crippen LogP contribution < -0.4 is 5.32 Å². The summed E-state index contributed by atoms with van der Waals surface area (Å²) in [6.07, 6.45) is -5.97. The first kappa shape index (κ1) is 14.4. The highest BCUT2D eigenvalue weighted by molar-refractivity contribution is 5.77. The van der Waals surface area contributed by atoms with E-state index in [0.717, 1.165) is 5.39 Å². The number of carboxylic acid groups (broad SMARTS) is 1. The molecule has 7 heteroatoms. The van der Waals surface area contributed by atoms with E-state index < -0.39 is 24.6 Å². The zero-order valence-corrected chi connectivity index (χ0v) is 10.3. The van der Waals surface area contributed by atoms with Crippen LogP contribution in [0.3, 0.4) is 0 Å². The molecule has 1 atom stereocenters. The van der Waals surface area contributed by atoms with Crippen LogP contribution in [0.5, 0.6) is 0 Å². The Morgan fingerprint density at radius 1 is 1.35 bits per heavy atom. The van der Waals surface area contributed by atoms with E-state index in [1.807, 2.05) is 0 Å². The molecule has 0 radical (unpaired) electrons. The molecule has 0 spiro atoms. The van der Waals surface area contributed by atoms with Gasteiger partial charge in [-0.3, -0.25) is 10.1 Å². The molecule has 2 aromatic rings. The lowest BCUT2D eigenvalue weighted by Gasteiger charge is -2.15. The number of fused-ring (bicyclic) bond motifs is 1. The number of hydrogen-bond donors (Lipinski definition) is 2. The van der Waals surface area contributed by atoms with Crippen molar-refractivity contribution in [1.29, 1.82) is 0 Å². The monoisotopic (exact) mass is 287 g/mol. The minimum absolute atomic E-state index is 0.0816. The fourth-order valence-electron chi connectivity index (χ4n) is 1.83. The highest BCUT2D eigenvalue weighted by atomic mass is 19.4. The van der Waals surface area contributed by atoms with Gasteiger partial charge in [0, 0.05) is 5.39 Å². The molecule has 0 fully saturated rings. The Morgan fingerprint density at radius 2 is 2.05 bits per heavy atom. The summed E-state index contributed by atoms with van der Waals surface area (Å²) < 4.78 is 42.1. The summed E-state index contributed by atoms with van der Waals surface area (Å²) in [6.45, 7) is -0.0816. The van der Waals surface area contributed by atoms with Crippen molar-refractivity contribution in [3.63, 3.8) is 0 Å². The molecule has 108 valence electrons. The van der Waals surface area contributed by atoms with E-state index in [-0.39, 0.29) is 6.54 Å². The quantitative estimate of drug-likeness (QED) is 0.887. The lowest BCUT2D eigenvalue weighted by atomic mass is 10.2. The Labute approximate surface area is 112 Å². The first-order chi connectivity index (χ1) is 9.35. The second kappa shape index (κ2) is 5.54. The van der Waals surface area contributed by atoms with Crippen LogP contribution in [0.2, 0.25) is 0 Å². The van der Waals surface area contributed by atoms with Gasteiger partial charge in [-0.15, -0.1) is 0 Å². The van der Waals surface area contributed by atoms with E-state index in [1.54, 1.807) is 30.3 Å². The average molecular weight is 287 g/mol. The third-order valence-corrected chi connectivity index (χ3v) is 2.73. The van der Waals surface area contributed by atoms with E-state index in [2.05, 4.69) is 5.32 Å². The van der Waals surface area contributed by atoms with E-state index >= 15 is 0 Å². The molecule has 0 saturated heterocycles. The molecule has 0 saturated carbocycles. The molecule has 2 N–H and O–H groups in total. The summed E-state index contributed by atoms with van der Waals surface area (Å²) in [6, 6.07) is 7.07. The van der Waals surface area contributed by atoms with Gasteiger partial charge in [-0.25, -0.2) is 0 Å². The van der Waals surface area contributed by atoms with Gasteiger partial charge in [-0.05, 0) is 12.1 Å². The molecule has 0 amide bonds. The maximum absolute atomic E-state index is 12.2. The Hall–Kier alpha value is -2.02. The van der Waals surface area contributed by atoms with Crippen molar-refractivity contribution in [1.82, 2.24) is 5.32 Å². The normalized spacial score (nSPS) is 13.6. The van der Waals surface area contributed by atoms with Gasteiger partial charge in [0.05, 0.1) is 13.0 Å². The maximum atomic E-state index is 12.2. The Morgan fingerprint density at radius 3 is 2.65 bits per heavy atom. The topological polar surface area (TPSA) is 62.5 Å². The minimum Gasteiger partial charge on any atom is -0.480 e. The highest BCUT2D eigenvalue weighted by Crippen LogP contribution is 2.22. The van der Waals surface area contributed by atoms with Crippen molar-refractivity contribution in [2.24, 2.45) is 0 Å². The van der Waals surface area contributed by atoms with Gasteiger partial charge < -0.3 is 9.52 Å². The number of halogens is 3. The van der Waals surface area contributed by atoms with Gasteiger partial charge in [-0.1, -0.05) is 18.2 Å². The Kier molecular flexibility index (Phi) is 3.99. The third-order valence-electron chi connectivity index (χ3n) is 2.73. The van der Waals surface area contributed by atoms with Crippen molar-refractivity contribution in [3.8, 4) is 0 Å². The zero-order chi connectivity index (χ0) is 14.8. The van der Waals surface area contributed by atoms with Crippen LogP contribution in [0.1, 0.15) is 12.2 Å². The molecule has 0 aliphatic heterocycles. The third kappa shape index (κ3) is 3.74. The predicted molar refractivity (Wildman–Crippen MR) is 65.1 cm³/mol. The van der Waals surface area contributed by atoms with Crippen molar-refractivity contribution < 1.29 is 27.5 Å². The SMILES string of the molecule is O=C(O)C(CC(F)(F)F)NCc1cc2ccccc2o1. The number of carboxylic acids is 1. The first-order valence-corrected chi connectivity index (χ1v) is 5.85. The molecule has 0 bridgehead atoms. The number of para-hydroxylation sites is 1. The Balaban J connectivity index is 2.03. The number of carbonyl (C=O) groups is 1. The summed E-state index contributed by atoms with van der Waals surface area (Å²) in [7, 11) is 0. The van der Waals surface area contributed by atoms with Crippen LogP contribution in [0, 0.1) is 0 Å². The molecular weight excluding hydrogens is 275 g/mol. The van der Waals surface area contributed by atoms with Gasteiger partial charge in [0.15, 0.2) is 0 Å². The Bertz CT molecular complexity index is 573. The predicted octanol–water partition coefficient (Wildman–Crippen LogP) is 2.93. The number of aliphatic carboxylic acids is 1. The second-order valence-corrected chi connectivity index (χ2v) is 4.34. The molecule has 1 heterocycles. The van der Waals surface area contributed by atoms with Crippen LogP contribution in [-0.2, 0) is 11.3 Å². The fourth-order valence-corrected chi connectivity index (χ4v) is 1.83. The fraction of sp³-hybridized carbons (Fsp3) is 0.308. The molecule has 1 aromatic carbocycles. The van der Waals surface area contributed by atoms with Crippen LogP contribution >= 0.6 is 0 Å². The molecule has 1 unspecified atom stereocenters. The van der Waals surface area contributed by atoms with Crippen molar-refractivity contribution >= 4 is 16.9 Å². The number of furan rings is 1. The smallest absolute Gasteiger partial charge is 0.391 e. The summed E-state index contributed by atoms with van der Waals surface area (Å²) in [5.74, 6) is -1.15. The maximum Gasteiger partial charge on any atom is 0.391 e. The van der Waals surface area contributed by atoms with Gasteiger partial charge in [0.1, 0.15) is 17.4 Å². The number of rotatable bonds is 5. The molecular formula is C13H12F3NO3. The highest BCUT2D eigenvalue weighted by Gasteiger charge is 2.35. The van der Waals surface area contributed by atoms with Crippen LogP contribution in [-0.4, -0.2) is 23.3 Å². The number of hydrogen-bond acceptors (Lipinski definition) is 3. The molecule has 1 aromatic heterocycles. The molecule has 0 aliphatic rings. The summed E-state index contributed by atoms with van der Waals surface area (Å²) in [5.41, 5.74) is 0.604. The number of benzene rings is 1.